The van der Waals surface area contributed by atoms with Gasteiger partial charge in [-0.15, -0.1) is 0 Å². The zero-order chi connectivity index (χ0) is 13.9. The smallest absolute Gasteiger partial charge is 0.308 e. The molecule has 0 heterocycles. The van der Waals surface area contributed by atoms with Crippen molar-refractivity contribution < 1.29 is 29.0 Å². The summed E-state index contributed by atoms with van der Waals surface area (Å²) < 4.78 is 9.52. The monoisotopic (exact) mass is 252 g/mol. The van der Waals surface area contributed by atoms with E-state index in [0.717, 1.165) is 13.8 Å². The Morgan fingerprint density at radius 1 is 1.00 bits per heavy atom. The van der Waals surface area contributed by atoms with E-state index in [-0.39, 0.29) is 17.1 Å². The first kappa shape index (κ1) is 13.7. The van der Waals surface area contributed by atoms with Gasteiger partial charge in [0.2, 0.25) is 5.75 Å². The van der Waals surface area contributed by atoms with E-state index < -0.39 is 23.5 Å². The molecule has 1 rings (SSSR count). The molecule has 96 valence electrons. The van der Waals surface area contributed by atoms with Gasteiger partial charge in [-0.3, -0.25) is 14.4 Å². The minimum Gasteiger partial charge on any atom is -0.504 e. The minimum absolute atomic E-state index is 0.0258. The van der Waals surface area contributed by atoms with Crippen LogP contribution in [0.1, 0.15) is 31.1 Å². The highest BCUT2D eigenvalue weighted by molar-refractivity contribution is 5.98. The summed E-state index contributed by atoms with van der Waals surface area (Å²) >= 11 is 0. The van der Waals surface area contributed by atoms with Crippen molar-refractivity contribution in [3.63, 3.8) is 0 Å². The fraction of sp³-hybridized carbons (Fsp3) is 0.250. The molecule has 0 atom stereocenters. The van der Waals surface area contributed by atoms with E-state index in [0.29, 0.717) is 0 Å². The van der Waals surface area contributed by atoms with Gasteiger partial charge in [-0.1, -0.05) is 0 Å². The van der Waals surface area contributed by atoms with Crippen LogP contribution in [-0.4, -0.2) is 22.8 Å². The molecule has 0 amide bonds. The van der Waals surface area contributed by atoms with E-state index in [4.69, 9.17) is 9.47 Å². The van der Waals surface area contributed by atoms with E-state index >= 15 is 0 Å². The van der Waals surface area contributed by atoms with E-state index in [1.165, 1.54) is 19.1 Å². The van der Waals surface area contributed by atoms with Crippen LogP contribution < -0.4 is 9.47 Å². The summed E-state index contributed by atoms with van der Waals surface area (Å²) in [4.78, 5) is 33.0. The second-order valence-electron chi connectivity index (χ2n) is 3.53. The number of esters is 2. The summed E-state index contributed by atoms with van der Waals surface area (Å²) in [5.74, 6) is -2.75. The van der Waals surface area contributed by atoms with Crippen LogP contribution in [0.3, 0.4) is 0 Å². The number of phenols is 1. The lowest BCUT2D eigenvalue weighted by atomic mass is 10.1. The van der Waals surface area contributed by atoms with Gasteiger partial charge in [-0.2, -0.15) is 0 Å². The average Bonchev–Trinajstić information content (AvgIpc) is 2.21. The van der Waals surface area contributed by atoms with Gasteiger partial charge >= 0.3 is 11.9 Å². The summed E-state index contributed by atoms with van der Waals surface area (Å²) in [6.07, 6.45) is 0. The first-order chi connectivity index (χ1) is 8.32. The van der Waals surface area contributed by atoms with Gasteiger partial charge in [0.05, 0.1) is 5.56 Å². The number of ketones is 1. The molecule has 0 bridgehead atoms. The predicted octanol–water partition coefficient (Wildman–Crippen LogP) is 1.45. The van der Waals surface area contributed by atoms with Crippen molar-refractivity contribution in [2.75, 3.05) is 0 Å². The average molecular weight is 252 g/mol. The number of carbonyl (C=O) groups is 3. The van der Waals surface area contributed by atoms with Crippen molar-refractivity contribution in [2.45, 2.75) is 20.8 Å². The lowest BCUT2D eigenvalue weighted by Gasteiger charge is -2.12. The fourth-order valence-corrected chi connectivity index (χ4v) is 1.31. The molecule has 0 saturated carbocycles. The zero-order valence-corrected chi connectivity index (χ0v) is 10.1. The van der Waals surface area contributed by atoms with Gasteiger partial charge in [0, 0.05) is 13.8 Å². The number of rotatable bonds is 3. The maximum Gasteiger partial charge on any atom is 0.308 e. The Labute approximate surface area is 103 Å². The van der Waals surface area contributed by atoms with Gasteiger partial charge in [0.25, 0.3) is 0 Å². The Bertz CT molecular complexity index is 518. The molecular formula is C12H12O6. The van der Waals surface area contributed by atoms with Crippen LogP contribution in [0.15, 0.2) is 12.1 Å². The van der Waals surface area contributed by atoms with Crippen LogP contribution in [-0.2, 0) is 9.59 Å². The fourth-order valence-electron chi connectivity index (χ4n) is 1.31. The third-order valence-corrected chi connectivity index (χ3v) is 1.97. The highest BCUT2D eigenvalue weighted by Crippen LogP contribution is 2.39. The zero-order valence-electron chi connectivity index (χ0n) is 10.1. The Morgan fingerprint density at radius 3 is 2.00 bits per heavy atom. The number of Topliss-reactive ketones (excluding diaryl/α,β-unsaturated/α-hetero) is 1. The Hall–Kier alpha value is -2.37. The number of ether oxygens (including phenoxy) is 2. The molecule has 0 spiro atoms. The summed E-state index contributed by atoms with van der Waals surface area (Å²) in [7, 11) is 0. The molecule has 0 aliphatic heterocycles. The molecule has 6 heteroatoms. The highest BCUT2D eigenvalue weighted by atomic mass is 16.6. The van der Waals surface area contributed by atoms with Crippen LogP contribution >= 0.6 is 0 Å². The molecule has 0 fully saturated rings. The molecule has 0 aliphatic rings. The number of phenolic OH excluding ortho intramolecular Hbond substituents is 1. The molecule has 6 nitrogen and oxygen atoms in total. The maximum absolute atomic E-state index is 11.2. The number of aromatic hydroxyl groups is 1. The van der Waals surface area contributed by atoms with Gasteiger partial charge in [-0.05, 0) is 19.1 Å². The van der Waals surface area contributed by atoms with Gasteiger partial charge in [0.15, 0.2) is 17.3 Å². The van der Waals surface area contributed by atoms with E-state index in [9.17, 15) is 19.5 Å². The minimum atomic E-state index is -0.709. The van der Waals surface area contributed by atoms with Crippen molar-refractivity contribution in [3.05, 3.63) is 17.7 Å². The molecule has 0 unspecified atom stereocenters. The number of hydrogen-bond acceptors (Lipinski definition) is 6. The molecule has 0 saturated heterocycles. The number of hydrogen-bond donors (Lipinski definition) is 1. The second-order valence-corrected chi connectivity index (χ2v) is 3.53. The van der Waals surface area contributed by atoms with Crippen molar-refractivity contribution in [2.24, 2.45) is 0 Å². The quantitative estimate of drug-likeness (QED) is 0.497. The first-order valence-corrected chi connectivity index (χ1v) is 5.06. The molecule has 0 radical (unpaired) electrons. The summed E-state index contributed by atoms with van der Waals surface area (Å²) in [5.41, 5.74) is -0.0258. The van der Waals surface area contributed by atoms with Crippen LogP contribution in [0.5, 0.6) is 17.2 Å². The summed E-state index contributed by atoms with van der Waals surface area (Å²) in [6.45, 7) is 3.53. The summed E-state index contributed by atoms with van der Waals surface area (Å²) in [6, 6.07) is 2.55. The van der Waals surface area contributed by atoms with Crippen LogP contribution in [0.2, 0.25) is 0 Å². The molecule has 1 aromatic rings. The van der Waals surface area contributed by atoms with Gasteiger partial charge < -0.3 is 14.6 Å². The van der Waals surface area contributed by atoms with Gasteiger partial charge in [0.1, 0.15) is 0 Å². The molecular weight excluding hydrogens is 240 g/mol. The largest absolute Gasteiger partial charge is 0.504 e. The SMILES string of the molecule is CC(=O)Oc1ccc(C(C)=O)c(O)c1OC(C)=O. The van der Waals surface area contributed by atoms with E-state index in [2.05, 4.69) is 0 Å². The van der Waals surface area contributed by atoms with E-state index in [1.807, 2.05) is 0 Å². The van der Waals surface area contributed by atoms with Crippen LogP contribution in [0, 0.1) is 0 Å². The number of carbonyl (C=O) groups excluding carboxylic acids is 3. The van der Waals surface area contributed by atoms with Crippen molar-refractivity contribution in [1.29, 1.82) is 0 Å². The van der Waals surface area contributed by atoms with Gasteiger partial charge in [-0.25, -0.2) is 0 Å². The second kappa shape index (κ2) is 5.31. The molecule has 0 aromatic heterocycles. The van der Waals surface area contributed by atoms with Crippen molar-refractivity contribution >= 4 is 17.7 Å². The first-order valence-electron chi connectivity index (χ1n) is 5.06. The Kier molecular flexibility index (Phi) is 4.04. The lowest BCUT2D eigenvalue weighted by molar-refractivity contribution is -0.134. The normalized spacial score (nSPS) is 9.72. The van der Waals surface area contributed by atoms with Crippen LogP contribution in [0.4, 0.5) is 0 Å². The van der Waals surface area contributed by atoms with Crippen molar-refractivity contribution in [1.82, 2.24) is 0 Å². The molecule has 18 heavy (non-hydrogen) atoms. The third-order valence-electron chi connectivity index (χ3n) is 1.97. The topological polar surface area (TPSA) is 89.9 Å². The third kappa shape index (κ3) is 3.07. The lowest BCUT2D eigenvalue weighted by Crippen LogP contribution is -2.08. The molecule has 0 aliphatic carbocycles. The number of benzene rings is 1. The Morgan fingerprint density at radius 2 is 1.56 bits per heavy atom. The predicted molar refractivity (Wildman–Crippen MR) is 60.7 cm³/mol. The van der Waals surface area contributed by atoms with Crippen LogP contribution in [0.25, 0.3) is 0 Å². The Balaban J connectivity index is 3.35. The highest BCUT2D eigenvalue weighted by Gasteiger charge is 2.20. The molecule has 1 N–H and O–H groups in total. The van der Waals surface area contributed by atoms with Crippen molar-refractivity contribution in [3.8, 4) is 17.2 Å². The summed E-state index contributed by atoms with van der Waals surface area (Å²) in [5, 5.41) is 9.81. The maximum atomic E-state index is 11.2. The molecule has 1 aromatic carbocycles. The van der Waals surface area contributed by atoms with E-state index in [1.54, 1.807) is 0 Å². The standard InChI is InChI=1S/C12H12O6/c1-6(13)9-4-5-10(17-7(2)14)12(11(9)16)18-8(3)15/h4-5,16H,1-3H3.